The minimum Gasteiger partial charge on any atom is -0.428 e. The summed E-state index contributed by atoms with van der Waals surface area (Å²) in [6, 6.07) is 9.83. The molecular weight excluding hydrogens is 414 g/mol. The number of carbonyl (C=O) groups excluding carboxylic acids is 1. The number of nitrogens with zero attached hydrogens (tertiary/aromatic N) is 2. The summed E-state index contributed by atoms with van der Waals surface area (Å²) in [6.45, 7) is 1.60. The van der Waals surface area contributed by atoms with Crippen molar-refractivity contribution < 1.29 is 27.1 Å². The van der Waals surface area contributed by atoms with E-state index < -0.39 is 24.3 Å². The summed E-state index contributed by atoms with van der Waals surface area (Å²) < 4.78 is 56.5. The first-order valence-corrected chi connectivity index (χ1v) is 8.86. The van der Waals surface area contributed by atoms with Gasteiger partial charge >= 0.3 is 12.5 Å². The lowest BCUT2D eigenvalue weighted by Gasteiger charge is -2.21. The number of rotatable bonds is 7. The number of amides is 1. The molecule has 0 aliphatic rings. The van der Waals surface area contributed by atoms with Gasteiger partial charge in [-0.2, -0.15) is 17.6 Å². The van der Waals surface area contributed by atoms with E-state index in [1.54, 1.807) is 29.1 Å². The van der Waals surface area contributed by atoms with Crippen LogP contribution in [0.15, 0.2) is 48.8 Å². The highest BCUT2D eigenvalue weighted by atomic mass is 35.5. The van der Waals surface area contributed by atoms with Crippen LogP contribution in [0.4, 0.5) is 17.6 Å². The van der Waals surface area contributed by atoms with E-state index in [1.165, 1.54) is 19.1 Å². The third-order valence-corrected chi connectivity index (χ3v) is 4.44. The summed E-state index contributed by atoms with van der Waals surface area (Å²) in [7, 11) is 0. The summed E-state index contributed by atoms with van der Waals surface area (Å²) >= 11 is 6.25. The smallest absolute Gasteiger partial charge is 0.428 e. The number of fused-ring (bicyclic) bond motifs is 1. The summed E-state index contributed by atoms with van der Waals surface area (Å²) in [4.78, 5) is 15.9. The normalized spacial score (nSPS) is 12.9. The Kier molecular flexibility index (Phi) is 5.97. The molecule has 3 aromatic rings. The standard InChI is InChI=1S/C19H16ClF4N3O2/c1-11(28)26-16(9-27-10-25-15-4-2-3-14(20)17(15)27)12-5-7-13(8-6-12)29-19(23,24)18(21)22/h2-8,10,16,18H,9H2,1H3,(H,26,28). The third-order valence-electron chi connectivity index (χ3n) is 4.14. The second kappa shape index (κ2) is 8.28. The predicted octanol–water partition coefficient (Wildman–Crippen LogP) is 4.80. The second-order valence-corrected chi connectivity index (χ2v) is 6.70. The van der Waals surface area contributed by atoms with E-state index in [0.717, 1.165) is 12.1 Å². The average molecular weight is 430 g/mol. The predicted molar refractivity (Wildman–Crippen MR) is 99.3 cm³/mol. The van der Waals surface area contributed by atoms with Gasteiger partial charge in [-0.3, -0.25) is 4.79 Å². The Balaban J connectivity index is 1.86. The molecule has 3 rings (SSSR count). The van der Waals surface area contributed by atoms with Crippen molar-refractivity contribution in [2.45, 2.75) is 32.0 Å². The maximum Gasteiger partial charge on any atom is 0.461 e. The molecule has 2 aromatic carbocycles. The molecule has 0 aliphatic carbocycles. The van der Waals surface area contributed by atoms with E-state index in [-0.39, 0.29) is 12.5 Å². The van der Waals surface area contributed by atoms with Gasteiger partial charge in [0.05, 0.1) is 28.4 Å². The highest BCUT2D eigenvalue weighted by molar-refractivity contribution is 6.34. The molecule has 154 valence electrons. The minimum atomic E-state index is -4.59. The molecule has 1 heterocycles. The molecule has 0 radical (unpaired) electrons. The number of ether oxygens (including phenoxy) is 1. The highest BCUT2D eigenvalue weighted by Gasteiger charge is 2.43. The third kappa shape index (κ3) is 4.79. The van der Waals surface area contributed by atoms with E-state index >= 15 is 0 Å². The lowest BCUT2D eigenvalue weighted by Crippen LogP contribution is -2.33. The van der Waals surface area contributed by atoms with Crippen LogP contribution < -0.4 is 10.1 Å². The Labute approximate surface area is 168 Å². The molecule has 1 aromatic heterocycles. The van der Waals surface area contributed by atoms with Crippen LogP contribution in [-0.4, -0.2) is 28.0 Å². The number of carbonyl (C=O) groups is 1. The van der Waals surface area contributed by atoms with Gasteiger partial charge in [0.25, 0.3) is 0 Å². The zero-order valence-corrected chi connectivity index (χ0v) is 15.8. The molecule has 0 aliphatic heterocycles. The van der Waals surface area contributed by atoms with Crippen molar-refractivity contribution in [2.75, 3.05) is 0 Å². The number of hydrogen-bond acceptors (Lipinski definition) is 3. The van der Waals surface area contributed by atoms with Gasteiger partial charge < -0.3 is 14.6 Å². The number of alkyl halides is 4. The fraction of sp³-hybridized carbons (Fsp3) is 0.263. The van der Waals surface area contributed by atoms with E-state index in [2.05, 4.69) is 15.0 Å². The molecule has 1 N–H and O–H groups in total. The molecule has 0 saturated carbocycles. The number of aromatic nitrogens is 2. The number of hydrogen-bond donors (Lipinski definition) is 1. The van der Waals surface area contributed by atoms with Crippen LogP contribution in [-0.2, 0) is 11.3 Å². The van der Waals surface area contributed by atoms with E-state index in [1.807, 2.05) is 0 Å². The number of imidazole rings is 1. The summed E-state index contributed by atoms with van der Waals surface area (Å²) in [5, 5.41) is 3.25. The molecule has 10 heteroatoms. The largest absolute Gasteiger partial charge is 0.461 e. The van der Waals surface area contributed by atoms with Crippen molar-refractivity contribution in [3.8, 4) is 5.75 Å². The van der Waals surface area contributed by atoms with E-state index in [0.29, 0.717) is 21.6 Å². The van der Waals surface area contributed by atoms with Crippen LogP contribution in [0.3, 0.4) is 0 Å². The van der Waals surface area contributed by atoms with Gasteiger partial charge in [-0.15, -0.1) is 0 Å². The van der Waals surface area contributed by atoms with Gasteiger partial charge in [0.15, 0.2) is 0 Å². The van der Waals surface area contributed by atoms with Crippen molar-refractivity contribution in [1.82, 2.24) is 14.9 Å². The molecule has 0 spiro atoms. The first kappa shape index (κ1) is 20.9. The maximum atomic E-state index is 13.0. The number of nitrogens with one attached hydrogen (secondary N) is 1. The van der Waals surface area contributed by atoms with Crippen LogP contribution in [0.5, 0.6) is 5.75 Å². The summed E-state index contributed by atoms with van der Waals surface area (Å²) in [5.41, 5.74) is 1.92. The second-order valence-electron chi connectivity index (χ2n) is 6.29. The number of benzene rings is 2. The first-order valence-electron chi connectivity index (χ1n) is 8.49. The van der Waals surface area contributed by atoms with Crippen molar-refractivity contribution >= 4 is 28.5 Å². The Bertz CT molecular complexity index is 1010. The van der Waals surface area contributed by atoms with E-state index in [4.69, 9.17) is 11.6 Å². The Morgan fingerprint density at radius 1 is 1.24 bits per heavy atom. The van der Waals surface area contributed by atoms with Gasteiger partial charge in [0.1, 0.15) is 5.75 Å². The monoisotopic (exact) mass is 429 g/mol. The Hall–Kier alpha value is -2.81. The molecule has 0 bridgehead atoms. The van der Waals surface area contributed by atoms with Crippen molar-refractivity contribution in [3.05, 3.63) is 59.4 Å². The van der Waals surface area contributed by atoms with E-state index in [9.17, 15) is 22.4 Å². The van der Waals surface area contributed by atoms with Gasteiger partial charge in [-0.25, -0.2) is 4.98 Å². The van der Waals surface area contributed by atoms with Gasteiger partial charge in [-0.05, 0) is 29.8 Å². The van der Waals surface area contributed by atoms with Crippen LogP contribution in [0.1, 0.15) is 18.5 Å². The molecule has 1 atom stereocenters. The maximum absolute atomic E-state index is 13.0. The van der Waals surface area contributed by atoms with Crippen LogP contribution in [0.25, 0.3) is 11.0 Å². The first-order chi connectivity index (χ1) is 13.7. The fourth-order valence-corrected chi connectivity index (χ4v) is 3.14. The molecule has 0 saturated heterocycles. The van der Waals surface area contributed by atoms with Gasteiger partial charge in [0.2, 0.25) is 5.91 Å². The fourth-order valence-electron chi connectivity index (χ4n) is 2.87. The van der Waals surface area contributed by atoms with Crippen LogP contribution in [0, 0.1) is 0 Å². The molecule has 1 unspecified atom stereocenters. The summed E-state index contributed by atoms with van der Waals surface area (Å²) in [5.74, 6) is -0.730. The summed E-state index contributed by atoms with van der Waals surface area (Å²) in [6.07, 6.45) is -6.97. The zero-order valence-electron chi connectivity index (χ0n) is 15.1. The number of para-hydroxylation sites is 1. The molecule has 5 nitrogen and oxygen atoms in total. The lowest BCUT2D eigenvalue weighted by atomic mass is 10.1. The minimum absolute atomic E-state index is 0.257. The quantitative estimate of drug-likeness (QED) is 0.549. The Morgan fingerprint density at radius 3 is 2.55 bits per heavy atom. The van der Waals surface area contributed by atoms with Crippen molar-refractivity contribution in [1.29, 1.82) is 0 Å². The van der Waals surface area contributed by atoms with Gasteiger partial charge in [-0.1, -0.05) is 29.8 Å². The van der Waals surface area contributed by atoms with Crippen molar-refractivity contribution in [3.63, 3.8) is 0 Å². The molecule has 29 heavy (non-hydrogen) atoms. The lowest BCUT2D eigenvalue weighted by molar-refractivity contribution is -0.253. The SMILES string of the molecule is CC(=O)NC(Cn1cnc2cccc(Cl)c21)c1ccc(OC(F)(F)C(F)F)cc1. The van der Waals surface area contributed by atoms with Gasteiger partial charge in [0, 0.05) is 13.5 Å². The van der Waals surface area contributed by atoms with Crippen LogP contribution in [0.2, 0.25) is 5.02 Å². The average Bonchev–Trinajstić information content (AvgIpc) is 3.05. The molecular formula is C19H16ClF4N3O2. The highest BCUT2D eigenvalue weighted by Crippen LogP contribution is 2.29. The van der Waals surface area contributed by atoms with Crippen LogP contribution >= 0.6 is 11.6 Å². The molecule has 0 fully saturated rings. The number of halogens is 5. The zero-order chi connectivity index (χ0) is 21.2. The Morgan fingerprint density at radius 2 is 1.93 bits per heavy atom. The molecule has 1 amide bonds. The topological polar surface area (TPSA) is 56.2 Å². The van der Waals surface area contributed by atoms with Crippen molar-refractivity contribution in [2.24, 2.45) is 0 Å².